The Morgan fingerprint density at radius 3 is 2.91 bits per heavy atom. The van der Waals surface area contributed by atoms with Crippen molar-refractivity contribution in [2.75, 3.05) is 0 Å². The summed E-state index contributed by atoms with van der Waals surface area (Å²) in [5.74, 6) is -1.46. The van der Waals surface area contributed by atoms with Gasteiger partial charge in [0, 0.05) is 6.54 Å². The molecule has 2 N–H and O–H groups in total. The number of primary amides is 1. The number of nitrogens with zero attached hydrogens (tertiary/aromatic N) is 2. The zero-order valence-corrected chi connectivity index (χ0v) is 6.04. The lowest BCUT2D eigenvalue weighted by Gasteiger charge is -1.98. The molecule has 0 aliphatic heterocycles. The van der Waals surface area contributed by atoms with Crippen molar-refractivity contribution < 1.29 is 9.18 Å². The van der Waals surface area contributed by atoms with Gasteiger partial charge in [0.1, 0.15) is 0 Å². The van der Waals surface area contributed by atoms with Crippen LogP contribution in [0.25, 0.3) is 0 Å². The van der Waals surface area contributed by atoms with Crippen LogP contribution in [0, 0.1) is 5.82 Å². The van der Waals surface area contributed by atoms with Crippen LogP contribution in [-0.4, -0.2) is 15.7 Å². The van der Waals surface area contributed by atoms with Crippen molar-refractivity contribution in [3.63, 3.8) is 0 Å². The van der Waals surface area contributed by atoms with Crippen molar-refractivity contribution in [2.45, 2.75) is 13.5 Å². The highest BCUT2D eigenvalue weighted by molar-refractivity contribution is 5.91. The molecule has 60 valence electrons. The zero-order valence-electron chi connectivity index (χ0n) is 6.04. The van der Waals surface area contributed by atoms with Crippen molar-refractivity contribution in [1.82, 2.24) is 9.78 Å². The van der Waals surface area contributed by atoms with Crippen molar-refractivity contribution in [2.24, 2.45) is 5.73 Å². The molecule has 0 fully saturated rings. The minimum atomic E-state index is -0.790. The van der Waals surface area contributed by atoms with Crippen LogP contribution in [0.4, 0.5) is 4.39 Å². The molecule has 0 radical (unpaired) electrons. The van der Waals surface area contributed by atoms with Gasteiger partial charge in [-0.1, -0.05) is 0 Å². The lowest BCUT2D eigenvalue weighted by Crippen LogP contribution is -2.18. The predicted octanol–water partition coefficient (Wildman–Crippen LogP) is 0.141. The molecule has 0 aliphatic carbocycles. The lowest BCUT2D eigenvalue weighted by atomic mass is 10.4. The number of rotatable bonds is 2. The van der Waals surface area contributed by atoms with Crippen LogP contribution in [0.15, 0.2) is 6.20 Å². The first kappa shape index (κ1) is 7.71. The van der Waals surface area contributed by atoms with Crippen molar-refractivity contribution in [3.8, 4) is 0 Å². The summed E-state index contributed by atoms with van der Waals surface area (Å²) in [6.45, 7) is 2.18. The van der Waals surface area contributed by atoms with Gasteiger partial charge in [0.05, 0.1) is 6.20 Å². The number of nitrogens with two attached hydrogens (primary N) is 1. The molecule has 0 atom stereocenters. The maximum absolute atomic E-state index is 12.7. The van der Waals surface area contributed by atoms with E-state index in [9.17, 15) is 9.18 Å². The SMILES string of the molecule is CCn1ncc(F)c1C(N)=O. The summed E-state index contributed by atoms with van der Waals surface area (Å²) in [5, 5.41) is 3.60. The van der Waals surface area contributed by atoms with E-state index >= 15 is 0 Å². The van der Waals surface area contributed by atoms with E-state index in [2.05, 4.69) is 5.10 Å². The van der Waals surface area contributed by atoms with Crippen LogP contribution < -0.4 is 5.73 Å². The summed E-state index contributed by atoms with van der Waals surface area (Å²) in [6, 6.07) is 0. The van der Waals surface area contributed by atoms with Crippen LogP contribution >= 0.6 is 0 Å². The molecule has 1 heterocycles. The van der Waals surface area contributed by atoms with Gasteiger partial charge in [-0.3, -0.25) is 9.48 Å². The summed E-state index contributed by atoms with van der Waals surface area (Å²) >= 11 is 0. The molecular formula is C6H8FN3O. The van der Waals surface area contributed by atoms with Gasteiger partial charge in [0.15, 0.2) is 11.5 Å². The van der Waals surface area contributed by atoms with E-state index < -0.39 is 11.7 Å². The molecule has 0 bridgehead atoms. The zero-order chi connectivity index (χ0) is 8.43. The molecule has 4 nitrogen and oxygen atoms in total. The Balaban J connectivity index is 3.17. The molecular weight excluding hydrogens is 149 g/mol. The number of aryl methyl sites for hydroxylation is 1. The van der Waals surface area contributed by atoms with Gasteiger partial charge in [0.25, 0.3) is 5.91 Å². The number of carbonyl (C=O) groups is 1. The number of hydrogen-bond donors (Lipinski definition) is 1. The van der Waals surface area contributed by atoms with Gasteiger partial charge >= 0.3 is 0 Å². The molecule has 0 aliphatic rings. The summed E-state index contributed by atoms with van der Waals surface area (Å²) in [4.78, 5) is 10.6. The van der Waals surface area contributed by atoms with Crippen molar-refractivity contribution in [3.05, 3.63) is 17.7 Å². The minimum Gasteiger partial charge on any atom is -0.364 e. The first-order valence-electron chi connectivity index (χ1n) is 3.18. The monoisotopic (exact) mass is 157 g/mol. The predicted molar refractivity (Wildman–Crippen MR) is 36.4 cm³/mol. The fourth-order valence-corrected chi connectivity index (χ4v) is 0.847. The molecule has 1 rings (SSSR count). The van der Waals surface area contributed by atoms with Crippen LogP contribution in [0.2, 0.25) is 0 Å². The maximum Gasteiger partial charge on any atom is 0.270 e. The standard InChI is InChI=1S/C6H8FN3O/c1-2-10-5(6(8)11)4(7)3-9-10/h3H,2H2,1H3,(H2,8,11). The fourth-order valence-electron chi connectivity index (χ4n) is 0.847. The van der Waals surface area contributed by atoms with E-state index in [1.54, 1.807) is 6.92 Å². The molecule has 0 saturated heterocycles. The highest BCUT2D eigenvalue weighted by Gasteiger charge is 2.13. The third-order valence-electron chi connectivity index (χ3n) is 1.33. The first-order chi connectivity index (χ1) is 5.16. The minimum absolute atomic E-state index is 0.160. The second-order valence-electron chi connectivity index (χ2n) is 2.02. The van der Waals surface area contributed by atoms with Gasteiger partial charge in [-0.2, -0.15) is 5.10 Å². The number of amides is 1. The van der Waals surface area contributed by atoms with E-state index in [4.69, 9.17) is 5.73 Å². The van der Waals surface area contributed by atoms with E-state index in [0.29, 0.717) is 6.54 Å². The van der Waals surface area contributed by atoms with Crippen LogP contribution in [-0.2, 0) is 6.54 Å². The molecule has 1 amide bonds. The molecule has 0 spiro atoms. The van der Waals surface area contributed by atoms with Gasteiger partial charge in [0.2, 0.25) is 0 Å². The third-order valence-corrected chi connectivity index (χ3v) is 1.33. The van der Waals surface area contributed by atoms with E-state index in [0.717, 1.165) is 6.20 Å². The lowest BCUT2D eigenvalue weighted by molar-refractivity contribution is 0.0986. The molecule has 0 unspecified atom stereocenters. The maximum atomic E-state index is 12.7. The molecule has 1 aromatic heterocycles. The molecule has 0 aromatic carbocycles. The number of aromatic nitrogens is 2. The highest BCUT2D eigenvalue weighted by atomic mass is 19.1. The van der Waals surface area contributed by atoms with Gasteiger partial charge in [-0.15, -0.1) is 0 Å². The Labute approximate surface area is 62.8 Å². The van der Waals surface area contributed by atoms with Crippen molar-refractivity contribution in [1.29, 1.82) is 0 Å². The van der Waals surface area contributed by atoms with Gasteiger partial charge in [-0.25, -0.2) is 4.39 Å². The Kier molecular flexibility index (Phi) is 1.89. The second kappa shape index (κ2) is 2.69. The highest BCUT2D eigenvalue weighted by Crippen LogP contribution is 2.04. The number of hydrogen-bond acceptors (Lipinski definition) is 2. The molecule has 0 saturated carbocycles. The topological polar surface area (TPSA) is 60.9 Å². The summed E-state index contributed by atoms with van der Waals surface area (Å²) in [5.41, 5.74) is 4.74. The van der Waals surface area contributed by atoms with Crippen LogP contribution in [0.3, 0.4) is 0 Å². The van der Waals surface area contributed by atoms with E-state index in [1.807, 2.05) is 0 Å². The number of halogens is 1. The average molecular weight is 157 g/mol. The van der Waals surface area contributed by atoms with E-state index in [1.165, 1.54) is 4.68 Å². The summed E-state index contributed by atoms with van der Waals surface area (Å²) in [7, 11) is 0. The molecule has 1 aromatic rings. The normalized spacial score (nSPS) is 10.0. The Hall–Kier alpha value is -1.39. The average Bonchev–Trinajstić information content (AvgIpc) is 2.30. The number of carbonyl (C=O) groups excluding carboxylic acids is 1. The van der Waals surface area contributed by atoms with Crippen LogP contribution in [0.1, 0.15) is 17.4 Å². The summed E-state index contributed by atoms with van der Waals surface area (Å²) in [6.07, 6.45) is 0.976. The first-order valence-corrected chi connectivity index (χ1v) is 3.18. The fraction of sp³-hybridized carbons (Fsp3) is 0.333. The van der Waals surface area contributed by atoms with Gasteiger partial charge in [-0.05, 0) is 6.92 Å². The summed E-state index contributed by atoms with van der Waals surface area (Å²) < 4.78 is 13.9. The smallest absolute Gasteiger partial charge is 0.270 e. The molecule has 11 heavy (non-hydrogen) atoms. The second-order valence-corrected chi connectivity index (χ2v) is 2.02. The van der Waals surface area contributed by atoms with Crippen molar-refractivity contribution >= 4 is 5.91 Å². The molecule has 5 heteroatoms. The third kappa shape index (κ3) is 1.21. The largest absolute Gasteiger partial charge is 0.364 e. The van der Waals surface area contributed by atoms with Gasteiger partial charge < -0.3 is 5.73 Å². The van der Waals surface area contributed by atoms with Crippen LogP contribution in [0.5, 0.6) is 0 Å². The quantitative estimate of drug-likeness (QED) is 0.663. The Bertz CT molecular complexity index is 281. The van der Waals surface area contributed by atoms with E-state index in [-0.39, 0.29) is 5.69 Å². The Morgan fingerprint density at radius 1 is 1.91 bits per heavy atom. The Morgan fingerprint density at radius 2 is 2.55 bits per heavy atom.